The third-order valence-electron chi connectivity index (χ3n) is 6.00. The molecule has 1 N–H and O–H groups in total. The van der Waals surface area contributed by atoms with Gasteiger partial charge in [0.2, 0.25) is 11.8 Å². The SMILES string of the molecule is COc1ccc([C@H]2CN(C(=O)C3CC3)C[C@H]2C(=O)NCC2CC2)c(OC)c1. The molecule has 0 bridgehead atoms. The van der Waals surface area contributed by atoms with Crippen LogP contribution in [0.15, 0.2) is 18.2 Å². The zero-order valence-electron chi connectivity index (χ0n) is 16.1. The molecule has 1 aromatic rings. The predicted molar refractivity (Wildman–Crippen MR) is 101 cm³/mol. The second kappa shape index (κ2) is 7.41. The average molecular weight is 372 g/mol. The maximum absolute atomic E-state index is 12.9. The quantitative estimate of drug-likeness (QED) is 0.797. The molecule has 3 aliphatic rings. The van der Waals surface area contributed by atoms with Crippen molar-refractivity contribution in [3.63, 3.8) is 0 Å². The van der Waals surface area contributed by atoms with Crippen LogP contribution in [0.2, 0.25) is 0 Å². The minimum absolute atomic E-state index is 0.0517. The Morgan fingerprint density at radius 1 is 1.11 bits per heavy atom. The van der Waals surface area contributed by atoms with Gasteiger partial charge < -0.3 is 19.7 Å². The highest BCUT2D eigenvalue weighted by Crippen LogP contribution is 2.41. The number of nitrogens with one attached hydrogen (secondary N) is 1. The van der Waals surface area contributed by atoms with Crippen molar-refractivity contribution in [2.45, 2.75) is 31.6 Å². The van der Waals surface area contributed by atoms with E-state index in [1.54, 1.807) is 14.2 Å². The minimum Gasteiger partial charge on any atom is -0.497 e. The summed E-state index contributed by atoms with van der Waals surface area (Å²) in [5.74, 6) is 2.17. The highest BCUT2D eigenvalue weighted by atomic mass is 16.5. The van der Waals surface area contributed by atoms with Crippen molar-refractivity contribution in [2.24, 2.45) is 17.8 Å². The lowest BCUT2D eigenvalue weighted by molar-refractivity contribution is -0.132. The molecule has 2 saturated carbocycles. The van der Waals surface area contributed by atoms with Crippen LogP contribution < -0.4 is 14.8 Å². The smallest absolute Gasteiger partial charge is 0.225 e. The van der Waals surface area contributed by atoms with E-state index in [4.69, 9.17) is 9.47 Å². The topological polar surface area (TPSA) is 67.9 Å². The summed E-state index contributed by atoms with van der Waals surface area (Å²) < 4.78 is 10.9. The first-order chi connectivity index (χ1) is 13.1. The average Bonchev–Trinajstić information content (AvgIpc) is 3.62. The number of methoxy groups -OCH3 is 2. The van der Waals surface area contributed by atoms with Gasteiger partial charge >= 0.3 is 0 Å². The van der Waals surface area contributed by atoms with Crippen molar-refractivity contribution in [1.82, 2.24) is 10.2 Å². The van der Waals surface area contributed by atoms with Gasteiger partial charge in [0.15, 0.2) is 0 Å². The molecule has 2 amide bonds. The molecule has 6 nitrogen and oxygen atoms in total. The van der Waals surface area contributed by atoms with Gasteiger partial charge in [0.25, 0.3) is 0 Å². The third-order valence-corrected chi connectivity index (χ3v) is 6.00. The lowest BCUT2D eigenvalue weighted by Crippen LogP contribution is -2.36. The maximum Gasteiger partial charge on any atom is 0.225 e. The Morgan fingerprint density at radius 2 is 1.89 bits per heavy atom. The van der Waals surface area contributed by atoms with Crippen LogP contribution in [-0.2, 0) is 9.59 Å². The molecule has 3 fully saturated rings. The van der Waals surface area contributed by atoms with E-state index in [0.717, 1.165) is 24.9 Å². The zero-order valence-corrected chi connectivity index (χ0v) is 16.1. The van der Waals surface area contributed by atoms with E-state index in [2.05, 4.69) is 5.32 Å². The number of benzene rings is 1. The summed E-state index contributed by atoms with van der Waals surface area (Å²) in [6.45, 7) is 1.81. The van der Waals surface area contributed by atoms with Gasteiger partial charge in [0.05, 0.1) is 20.1 Å². The van der Waals surface area contributed by atoms with Crippen molar-refractivity contribution in [3.05, 3.63) is 23.8 Å². The lowest BCUT2D eigenvalue weighted by Gasteiger charge is -2.21. The largest absolute Gasteiger partial charge is 0.497 e. The molecule has 1 aliphatic heterocycles. The van der Waals surface area contributed by atoms with Crippen LogP contribution in [0.3, 0.4) is 0 Å². The summed E-state index contributed by atoms with van der Waals surface area (Å²) in [6, 6.07) is 5.71. The number of nitrogens with zero attached hydrogens (tertiary/aromatic N) is 1. The molecule has 1 saturated heterocycles. The van der Waals surface area contributed by atoms with Crippen molar-refractivity contribution in [1.29, 1.82) is 0 Å². The normalized spacial score (nSPS) is 24.6. The number of carbonyl (C=O) groups is 2. The first-order valence-electron chi connectivity index (χ1n) is 9.89. The van der Waals surface area contributed by atoms with E-state index in [-0.39, 0.29) is 29.6 Å². The van der Waals surface area contributed by atoms with Crippen LogP contribution in [0, 0.1) is 17.8 Å². The summed E-state index contributed by atoms with van der Waals surface area (Å²) >= 11 is 0. The number of hydrogen-bond acceptors (Lipinski definition) is 4. The van der Waals surface area contributed by atoms with E-state index in [9.17, 15) is 9.59 Å². The van der Waals surface area contributed by atoms with Gasteiger partial charge in [-0.15, -0.1) is 0 Å². The number of ether oxygens (including phenoxy) is 2. The maximum atomic E-state index is 12.9. The Morgan fingerprint density at radius 3 is 2.52 bits per heavy atom. The summed E-state index contributed by atoms with van der Waals surface area (Å²) in [7, 11) is 3.25. The fourth-order valence-electron chi connectivity index (χ4n) is 3.98. The van der Waals surface area contributed by atoms with Crippen LogP contribution >= 0.6 is 0 Å². The number of carbonyl (C=O) groups excluding carboxylic acids is 2. The monoisotopic (exact) mass is 372 g/mol. The van der Waals surface area contributed by atoms with Crippen molar-refractivity contribution in [2.75, 3.05) is 33.9 Å². The van der Waals surface area contributed by atoms with E-state index in [0.29, 0.717) is 30.5 Å². The fourth-order valence-corrected chi connectivity index (χ4v) is 3.98. The Bertz CT molecular complexity index is 727. The molecule has 0 unspecified atom stereocenters. The van der Waals surface area contributed by atoms with Gasteiger partial charge in [-0.1, -0.05) is 6.07 Å². The lowest BCUT2D eigenvalue weighted by atomic mass is 9.87. The Balaban J connectivity index is 1.57. The first-order valence-corrected chi connectivity index (χ1v) is 9.89. The molecule has 6 heteroatoms. The summed E-state index contributed by atoms with van der Waals surface area (Å²) in [5, 5.41) is 3.11. The van der Waals surface area contributed by atoms with Crippen LogP contribution in [0.5, 0.6) is 11.5 Å². The molecular formula is C21H28N2O4. The molecule has 27 heavy (non-hydrogen) atoms. The summed E-state index contributed by atoms with van der Waals surface area (Å²) in [4.78, 5) is 27.4. The summed E-state index contributed by atoms with van der Waals surface area (Å²) in [6.07, 6.45) is 4.36. The second-order valence-corrected chi connectivity index (χ2v) is 8.03. The molecule has 0 spiro atoms. The van der Waals surface area contributed by atoms with Gasteiger partial charge in [0.1, 0.15) is 11.5 Å². The standard InChI is InChI=1S/C21H28N2O4/c1-26-15-7-8-16(19(9-15)27-2)17-11-23(21(25)14-5-6-14)12-18(17)20(24)22-10-13-3-4-13/h7-9,13-14,17-18H,3-6,10-12H2,1-2H3,(H,22,24)/t17-,18-/m1/s1. The first kappa shape index (κ1) is 18.1. The van der Waals surface area contributed by atoms with E-state index >= 15 is 0 Å². The second-order valence-electron chi connectivity index (χ2n) is 8.03. The molecular weight excluding hydrogens is 344 g/mol. The van der Waals surface area contributed by atoms with Crippen LogP contribution in [0.4, 0.5) is 0 Å². The highest BCUT2D eigenvalue weighted by Gasteiger charge is 2.44. The fraction of sp³-hybridized carbons (Fsp3) is 0.619. The van der Waals surface area contributed by atoms with Crippen molar-refractivity contribution >= 4 is 11.8 Å². The predicted octanol–water partition coefficient (Wildman–Crippen LogP) is 2.18. The van der Waals surface area contributed by atoms with Gasteiger partial charge in [-0.3, -0.25) is 9.59 Å². The number of hydrogen-bond donors (Lipinski definition) is 1. The third kappa shape index (κ3) is 3.89. The summed E-state index contributed by atoms with van der Waals surface area (Å²) in [5.41, 5.74) is 0.968. The highest BCUT2D eigenvalue weighted by molar-refractivity contribution is 5.85. The number of likely N-dealkylation sites (tertiary alicyclic amines) is 1. The van der Waals surface area contributed by atoms with E-state index in [1.807, 2.05) is 23.1 Å². The van der Waals surface area contributed by atoms with E-state index in [1.165, 1.54) is 12.8 Å². The van der Waals surface area contributed by atoms with Crippen LogP contribution in [0.1, 0.15) is 37.2 Å². The minimum atomic E-state index is -0.242. The van der Waals surface area contributed by atoms with Gasteiger partial charge in [0, 0.05) is 43.1 Å². The molecule has 1 heterocycles. The molecule has 4 rings (SSSR count). The van der Waals surface area contributed by atoms with Gasteiger partial charge in [-0.25, -0.2) is 0 Å². The Kier molecular flexibility index (Phi) is 4.98. The van der Waals surface area contributed by atoms with Gasteiger partial charge in [-0.2, -0.15) is 0 Å². The molecule has 146 valence electrons. The Hall–Kier alpha value is -2.24. The molecule has 2 aliphatic carbocycles. The Labute approximate surface area is 160 Å². The van der Waals surface area contributed by atoms with Crippen LogP contribution in [-0.4, -0.2) is 50.6 Å². The zero-order chi connectivity index (χ0) is 19.0. The van der Waals surface area contributed by atoms with Gasteiger partial charge in [-0.05, 0) is 37.7 Å². The number of amides is 2. The molecule has 0 radical (unpaired) electrons. The molecule has 0 aromatic heterocycles. The molecule has 1 aromatic carbocycles. The van der Waals surface area contributed by atoms with Crippen molar-refractivity contribution in [3.8, 4) is 11.5 Å². The molecule has 2 atom stereocenters. The van der Waals surface area contributed by atoms with Crippen molar-refractivity contribution < 1.29 is 19.1 Å². The van der Waals surface area contributed by atoms with E-state index < -0.39 is 0 Å². The van der Waals surface area contributed by atoms with Crippen LogP contribution in [0.25, 0.3) is 0 Å². The number of rotatable bonds is 7.